The van der Waals surface area contributed by atoms with Gasteiger partial charge in [0.25, 0.3) is 5.91 Å². The molecule has 0 spiro atoms. The number of amides is 1. The van der Waals surface area contributed by atoms with Gasteiger partial charge in [-0.2, -0.15) is 0 Å². The average molecular weight is 403 g/mol. The average Bonchev–Trinajstić information content (AvgIpc) is 3.27. The maximum Gasteiger partial charge on any atom is 0.261 e. The summed E-state index contributed by atoms with van der Waals surface area (Å²) in [4.78, 5) is 17.3. The number of aliphatic imine (C=N–C) groups is 1. The molecule has 0 bridgehead atoms. The fraction of sp³-hybridized carbons (Fsp3) is 0.429. The van der Waals surface area contributed by atoms with Gasteiger partial charge < -0.3 is 16.0 Å². The zero-order valence-electron chi connectivity index (χ0n) is 16.1. The van der Waals surface area contributed by atoms with Gasteiger partial charge in [0.1, 0.15) is 5.82 Å². The van der Waals surface area contributed by atoms with Crippen molar-refractivity contribution >= 4 is 23.2 Å². The van der Waals surface area contributed by atoms with Crippen molar-refractivity contribution in [2.45, 2.75) is 31.6 Å². The number of rotatable bonds is 9. The molecule has 0 radical (unpaired) electrons. The van der Waals surface area contributed by atoms with Crippen molar-refractivity contribution in [1.29, 1.82) is 0 Å². The van der Waals surface area contributed by atoms with Gasteiger partial charge >= 0.3 is 0 Å². The number of guanidine groups is 1. The summed E-state index contributed by atoms with van der Waals surface area (Å²) in [5.74, 6) is 0.556. The third kappa shape index (κ3) is 5.32. The smallest absolute Gasteiger partial charge is 0.261 e. The molecule has 1 aromatic heterocycles. The first-order valence-corrected chi connectivity index (χ1v) is 10.6. The predicted octanol–water partition coefficient (Wildman–Crippen LogP) is 3.29. The lowest BCUT2D eigenvalue weighted by atomic mass is 9.95. The van der Waals surface area contributed by atoms with E-state index in [2.05, 4.69) is 20.9 Å². The van der Waals surface area contributed by atoms with Gasteiger partial charge in [0, 0.05) is 25.0 Å². The standard InChI is InChI=1S/C21H27FN4OS/c1-2-23-20(25-13-6-12-24-19(27)18-9-5-14-28-18)26-15-21(10-11-21)16-7-3-4-8-17(16)22/h3-5,7-9,14H,2,6,10-13,15H2,1H3,(H,24,27)(H2,23,25,26). The van der Waals surface area contributed by atoms with Crippen molar-refractivity contribution in [3.05, 3.63) is 58.0 Å². The minimum absolute atomic E-state index is 0.0314. The first kappa shape index (κ1) is 20.3. The Kier molecular flexibility index (Phi) is 7.03. The zero-order valence-corrected chi connectivity index (χ0v) is 16.9. The first-order valence-electron chi connectivity index (χ1n) is 9.73. The zero-order chi connectivity index (χ0) is 19.8. The van der Waals surface area contributed by atoms with Gasteiger partial charge in [0.15, 0.2) is 5.96 Å². The molecule has 150 valence electrons. The van der Waals surface area contributed by atoms with Crippen LogP contribution in [-0.4, -0.2) is 38.0 Å². The third-order valence-corrected chi connectivity index (χ3v) is 5.73. The predicted molar refractivity (Wildman–Crippen MR) is 113 cm³/mol. The number of carbonyl (C=O) groups is 1. The van der Waals surface area contributed by atoms with Crippen LogP contribution < -0.4 is 16.0 Å². The van der Waals surface area contributed by atoms with E-state index >= 15 is 0 Å². The Hall–Kier alpha value is -2.41. The lowest BCUT2D eigenvalue weighted by molar-refractivity contribution is 0.0957. The van der Waals surface area contributed by atoms with E-state index in [9.17, 15) is 9.18 Å². The lowest BCUT2D eigenvalue weighted by Crippen LogP contribution is -2.39. The van der Waals surface area contributed by atoms with Crippen molar-refractivity contribution in [2.75, 3.05) is 26.2 Å². The van der Waals surface area contributed by atoms with Crippen LogP contribution in [-0.2, 0) is 5.41 Å². The Labute approximate surface area is 169 Å². The van der Waals surface area contributed by atoms with Crippen LogP contribution in [0.4, 0.5) is 4.39 Å². The number of thiophene rings is 1. The van der Waals surface area contributed by atoms with Crippen LogP contribution >= 0.6 is 11.3 Å². The lowest BCUT2D eigenvalue weighted by Gasteiger charge is -2.16. The Bertz CT molecular complexity index is 802. The molecule has 1 aromatic carbocycles. The second-order valence-corrected chi connectivity index (χ2v) is 7.92. The van der Waals surface area contributed by atoms with E-state index in [1.54, 1.807) is 6.07 Å². The summed E-state index contributed by atoms with van der Waals surface area (Å²) in [6, 6.07) is 10.7. The quantitative estimate of drug-likeness (QED) is 0.343. The molecule has 5 nitrogen and oxygen atoms in total. The number of halogens is 1. The third-order valence-electron chi connectivity index (χ3n) is 4.86. The van der Waals surface area contributed by atoms with Gasteiger partial charge in [-0.15, -0.1) is 11.3 Å². The van der Waals surface area contributed by atoms with Gasteiger partial charge in [0.2, 0.25) is 0 Å². The van der Waals surface area contributed by atoms with Crippen LogP contribution in [0.15, 0.2) is 46.8 Å². The number of nitrogens with zero attached hydrogens (tertiary/aromatic N) is 1. The first-order chi connectivity index (χ1) is 13.6. The van der Waals surface area contributed by atoms with Gasteiger partial charge in [0.05, 0.1) is 11.4 Å². The fourth-order valence-corrected chi connectivity index (χ4v) is 3.76. The highest BCUT2D eigenvalue weighted by Crippen LogP contribution is 2.49. The Morgan fingerprint density at radius 1 is 1.14 bits per heavy atom. The molecule has 1 aliphatic carbocycles. The minimum atomic E-state index is -0.164. The molecule has 1 fully saturated rings. The van der Waals surface area contributed by atoms with Crippen molar-refractivity contribution in [3.8, 4) is 0 Å². The van der Waals surface area contributed by atoms with E-state index in [0.717, 1.165) is 42.2 Å². The summed E-state index contributed by atoms with van der Waals surface area (Å²) in [7, 11) is 0. The molecule has 2 aromatic rings. The van der Waals surface area contributed by atoms with Crippen LogP contribution in [0.25, 0.3) is 0 Å². The number of nitrogens with one attached hydrogen (secondary N) is 3. The normalized spacial score (nSPS) is 15.1. The molecule has 0 aliphatic heterocycles. The van der Waals surface area contributed by atoms with Crippen LogP contribution in [0.5, 0.6) is 0 Å². The van der Waals surface area contributed by atoms with Crippen molar-refractivity contribution < 1.29 is 9.18 Å². The largest absolute Gasteiger partial charge is 0.357 e. The number of carbonyl (C=O) groups excluding carboxylic acids is 1. The second kappa shape index (κ2) is 9.68. The molecular weight excluding hydrogens is 375 g/mol. The number of benzene rings is 1. The van der Waals surface area contributed by atoms with Crippen LogP contribution in [0.3, 0.4) is 0 Å². The topological polar surface area (TPSA) is 65.5 Å². The highest BCUT2D eigenvalue weighted by atomic mass is 32.1. The highest BCUT2D eigenvalue weighted by Gasteiger charge is 2.45. The molecule has 0 unspecified atom stereocenters. The summed E-state index contributed by atoms with van der Waals surface area (Å²) >= 11 is 1.44. The second-order valence-electron chi connectivity index (χ2n) is 6.97. The van der Waals surface area contributed by atoms with E-state index in [4.69, 9.17) is 0 Å². The molecule has 1 amide bonds. The maximum absolute atomic E-state index is 14.1. The van der Waals surface area contributed by atoms with Crippen molar-refractivity contribution in [2.24, 2.45) is 4.99 Å². The van der Waals surface area contributed by atoms with Crippen molar-refractivity contribution in [3.63, 3.8) is 0 Å². The fourth-order valence-electron chi connectivity index (χ4n) is 3.12. The van der Waals surface area contributed by atoms with Crippen molar-refractivity contribution in [1.82, 2.24) is 16.0 Å². The maximum atomic E-state index is 14.1. The van der Waals surface area contributed by atoms with E-state index in [1.807, 2.05) is 36.6 Å². The molecule has 1 aliphatic rings. The summed E-state index contributed by atoms with van der Waals surface area (Å²) < 4.78 is 14.1. The van der Waals surface area contributed by atoms with Gasteiger partial charge in [-0.1, -0.05) is 24.3 Å². The Balaban J connectivity index is 1.45. The molecule has 3 rings (SSSR count). The SMILES string of the molecule is CCNC(=NCC1(c2ccccc2F)CC1)NCCCNC(=O)c1cccs1. The molecular formula is C21H27FN4OS. The molecule has 0 atom stereocenters. The van der Waals surface area contributed by atoms with Crippen LogP contribution in [0.1, 0.15) is 41.4 Å². The summed E-state index contributed by atoms with van der Waals surface area (Å²) in [6.07, 6.45) is 2.72. The molecule has 0 saturated heterocycles. The molecule has 7 heteroatoms. The number of hydrogen-bond acceptors (Lipinski definition) is 3. The van der Waals surface area contributed by atoms with E-state index < -0.39 is 0 Å². The Morgan fingerprint density at radius 2 is 1.93 bits per heavy atom. The summed E-state index contributed by atoms with van der Waals surface area (Å²) in [5, 5.41) is 11.3. The van der Waals surface area contributed by atoms with Gasteiger partial charge in [-0.05, 0) is 49.3 Å². The van der Waals surface area contributed by atoms with Crippen LogP contribution in [0, 0.1) is 5.82 Å². The highest BCUT2D eigenvalue weighted by molar-refractivity contribution is 7.12. The van der Waals surface area contributed by atoms with Gasteiger partial charge in [-0.25, -0.2) is 4.39 Å². The minimum Gasteiger partial charge on any atom is -0.357 e. The number of hydrogen-bond donors (Lipinski definition) is 3. The summed E-state index contributed by atoms with van der Waals surface area (Å²) in [5.41, 5.74) is 0.605. The molecule has 1 saturated carbocycles. The monoisotopic (exact) mass is 402 g/mol. The molecule has 3 N–H and O–H groups in total. The van der Waals surface area contributed by atoms with Crippen LogP contribution in [0.2, 0.25) is 0 Å². The van der Waals surface area contributed by atoms with E-state index in [-0.39, 0.29) is 17.1 Å². The summed E-state index contributed by atoms with van der Waals surface area (Å²) in [6.45, 7) is 4.64. The van der Waals surface area contributed by atoms with E-state index in [0.29, 0.717) is 19.6 Å². The van der Waals surface area contributed by atoms with Gasteiger partial charge in [-0.3, -0.25) is 9.79 Å². The molecule has 28 heavy (non-hydrogen) atoms. The molecule has 1 heterocycles. The van der Waals surface area contributed by atoms with E-state index in [1.165, 1.54) is 17.4 Å². The Morgan fingerprint density at radius 3 is 2.61 bits per heavy atom.